The molecule has 0 aliphatic rings. The average Bonchev–Trinajstić information content (AvgIpc) is 3.10. The summed E-state index contributed by atoms with van der Waals surface area (Å²) < 4.78 is 1.34. The van der Waals surface area contributed by atoms with Crippen molar-refractivity contribution in [2.45, 2.75) is 13.1 Å². The maximum Gasteiger partial charge on any atom is 0.338 e. The van der Waals surface area contributed by atoms with Gasteiger partial charge >= 0.3 is 5.97 Å². The minimum absolute atomic E-state index is 0.0327. The smallest absolute Gasteiger partial charge is 0.338 e. The van der Waals surface area contributed by atoms with Crippen molar-refractivity contribution in [3.63, 3.8) is 0 Å². The van der Waals surface area contributed by atoms with Crippen molar-refractivity contribution < 1.29 is 14.7 Å². The van der Waals surface area contributed by atoms with Crippen LogP contribution in [0.5, 0.6) is 0 Å². The molecule has 1 amide bonds. The Balaban J connectivity index is 1.82. The highest BCUT2D eigenvalue weighted by atomic mass is 16.4. The van der Waals surface area contributed by atoms with Gasteiger partial charge in [0.2, 0.25) is 5.91 Å². The molecule has 25 heavy (non-hydrogen) atoms. The van der Waals surface area contributed by atoms with Gasteiger partial charge in [0.1, 0.15) is 6.54 Å². The maximum absolute atomic E-state index is 12.8. The number of aromatic nitrogens is 2. The molecule has 0 spiro atoms. The second kappa shape index (κ2) is 7.44. The fourth-order valence-corrected chi connectivity index (χ4v) is 2.48. The Morgan fingerprint density at radius 3 is 2.24 bits per heavy atom. The van der Waals surface area contributed by atoms with Crippen molar-refractivity contribution in [3.8, 4) is 0 Å². The van der Waals surface area contributed by atoms with Gasteiger partial charge in [-0.2, -0.15) is 5.10 Å². The van der Waals surface area contributed by atoms with Gasteiger partial charge in [0.05, 0.1) is 18.3 Å². The summed E-state index contributed by atoms with van der Waals surface area (Å²) in [7, 11) is 0. The number of nitrogens with zero attached hydrogens (tertiary/aromatic N) is 3. The Morgan fingerprint density at radius 1 is 1.00 bits per heavy atom. The van der Waals surface area contributed by atoms with Crippen LogP contribution in [0.4, 0.5) is 5.69 Å². The van der Waals surface area contributed by atoms with Crippen LogP contribution in [0.2, 0.25) is 0 Å². The van der Waals surface area contributed by atoms with Gasteiger partial charge in [-0.3, -0.25) is 9.48 Å². The van der Waals surface area contributed by atoms with Crippen molar-refractivity contribution >= 4 is 17.6 Å². The van der Waals surface area contributed by atoms with E-state index in [1.807, 2.05) is 60.7 Å². The van der Waals surface area contributed by atoms with Crippen LogP contribution in [0.3, 0.4) is 0 Å². The molecule has 0 saturated carbocycles. The molecule has 0 fully saturated rings. The molecule has 0 unspecified atom stereocenters. The Bertz CT molecular complexity index is 860. The van der Waals surface area contributed by atoms with Crippen LogP contribution in [-0.2, 0) is 17.9 Å². The van der Waals surface area contributed by atoms with Crippen molar-refractivity contribution in [1.29, 1.82) is 0 Å². The van der Waals surface area contributed by atoms with E-state index in [-0.39, 0.29) is 18.0 Å². The number of carboxylic acids is 1. The summed E-state index contributed by atoms with van der Waals surface area (Å²) in [6.45, 7) is 0.395. The number of benzene rings is 2. The SMILES string of the molecule is O=C(O)c1cnn(CC(=O)N(Cc2ccccc2)c2ccccc2)c1. The number of carboxylic acid groups (broad SMARTS) is 1. The van der Waals surface area contributed by atoms with Gasteiger partial charge in [-0.05, 0) is 17.7 Å². The van der Waals surface area contributed by atoms with E-state index in [2.05, 4.69) is 5.10 Å². The Hall–Kier alpha value is -3.41. The van der Waals surface area contributed by atoms with Gasteiger partial charge in [0.25, 0.3) is 0 Å². The van der Waals surface area contributed by atoms with E-state index in [9.17, 15) is 9.59 Å². The molecule has 3 aromatic rings. The minimum Gasteiger partial charge on any atom is -0.478 e. The molecule has 1 N–H and O–H groups in total. The van der Waals surface area contributed by atoms with Crippen LogP contribution in [0, 0.1) is 0 Å². The molecule has 0 bridgehead atoms. The first kappa shape index (κ1) is 16.4. The van der Waals surface area contributed by atoms with E-state index in [1.54, 1.807) is 4.90 Å². The van der Waals surface area contributed by atoms with Crippen molar-refractivity contribution in [2.24, 2.45) is 0 Å². The average molecular weight is 335 g/mol. The first-order valence-electron chi connectivity index (χ1n) is 7.78. The number of para-hydroxylation sites is 1. The largest absolute Gasteiger partial charge is 0.478 e. The van der Waals surface area contributed by atoms with Gasteiger partial charge in [-0.25, -0.2) is 4.79 Å². The third kappa shape index (κ3) is 4.11. The van der Waals surface area contributed by atoms with Crippen LogP contribution in [0.25, 0.3) is 0 Å². The summed E-state index contributed by atoms with van der Waals surface area (Å²) >= 11 is 0. The fraction of sp³-hybridized carbons (Fsp3) is 0.105. The molecule has 3 rings (SSSR count). The van der Waals surface area contributed by atoms with Crippen molar-refractivity contribution in [3.05, 3.63) is 84.2 Å². The Kier molecular flexibility index (Phi) is 4.89. The zero-order valence-electron chi connectivity index (χ0n) is 13.4. The van der Waals surface area contributed by atoms with Gasteiger partial charge in [0.15, 0.2) is 0 Å². The van der Waals surface area contributed by atoms with E-state index in [4.69, 9.17) is 5.11 Å². The van der Waals surface area contributed by atoms with E-state index in [1.165, 1.54) is 17.1 Å². The number of carbonyl (C=O) groups is 2. The van der Waals surface area contributed by atoms with Gasteiger partial charge in [-0.15, -0.1) is 0 Å². The summed E-state index contributed by atoms with van der Waals surface area (Å²) in [5.74, 6) is -1.24. The number of rotatable bonds is 6. The van der Waals surface area contributed by atoms with E-state index < -0.39 is 5.97 Å². The van der Waals surface area contributed by atoms with Crippen LogP contribution in [0.1, 0.15) is 15.9 Å². The summed E-state index contributed by atoms with van der Waals surface area (Å²) in [6, 6.07) is 19.1. The standard InChI is InChI=1S/C19H17N3O3/c23-18(14-21-13-16(11-20-21)19(24)25)22(17-9-5-2-6-10-17)12-15-7-3-1-4-8-15/h1-11,13H,12,14H2,(H,24,25). The predicted octanol–water partition coefficient (Wildman–Crippen LogP) is 2.81. The number of anilines is 1. The van der Waals surface area contributed by atoms with E-state index in [0.717, 1.165) is 11.3 Å². The second-order valence-corrected chi connectivity index (χ2v) is 5.53. The Labute approximate surface area is 144 Å². The lowest BCUT2D eigenvalue weighted by Crippen LogP contribution is -2.33. The van der Waals surface area contributed by atoms with Crippen LogP contribution in [0.15, 0.2) is 73.1 Å². The molecule has 0 aliphatic heterocycles. The molecule has 0 atom stereocenters. The molecule has 0 saturated heterocycles. The lowest BCUT2D eigenvalue weighted by Gasteiger charge is -2.23. The molecule has 1 aromatic heterocycles. The van der Waals surface area contributed by atoms with Gasteiger partial charge in [-0.1, -0.05) is 48.5 Å². The fourth-order valence-electron chi connectivity index (χ4n) is 2.48. The van der Waals surface area contributed by atoms with Crippen molar-refractivity contribution in [1.82, 2.24) is 9.78 Å². The lowest BCUT2D eigenvalue weighted by molar-refractivity contribution is -0.119. The van der Waals surface area contributed by atoms with E-state index >= 15 is 0 Å². The first-order valence-corrected chi connectivity index (χ1v) is 7.78. The summed E-state index contributed by atoms with van der Waals surface area (Å²) in [6.07, 6.45) is 2.59. The summed E-state index contributed by atoms with van der Waals surface area (Å²) in [5.41, 5.74) is 1.84. The zero-order valence-corrected chi connectivity index (χ0v) is 13.4. The first-order chi connectivity index (χ1) is 12.1. The highest BCUT2D eigenvalue weighted by Crippen LogP contribution is 2.17. The molecule has 1 heterocycles. The molecule has 6 heteroatoms. The minimum atomic E-state index is -1.07. The number of hydrogen-bond acceptors (Lipinski definition) is 3. The van der Waals surface area contributed by atoms with E-state index in [0.29, 0.717) is 6.54 Å². The van der Waals surface area contributed by atoms with Gasteiger partial charge in [0, 0.05) is 11.9 Å². The summed E-state index contributed by atoms with van der Waals surface area (Å²) in [5, 5.41) is 12.9. The molecule has 2 aromatic carbocycles. The topological polar surface area (TPSA) is 75.4 Å². The number of hydrogen-bond donors (Lipinski definition) is 1. The second-order valence-electron chi connectivity index (χ2n) is 5.53. The molecule has 0 aliphatic carbocycles. The zero-order chi connectivity index (χ0) is 17.6. The Morgan fingerprint density at radius 2 is 1.64 bits per heavy atom. The normalized spacial score (nSPS) is 10.4. The lowest BCUT2D eigenvalue weighted by atomic mass is 10.2. The van der Waals surface area contributed by atoms with Crippen LogP contribution < -0.4 is 4.90 Å². The molecular formula is C19H17N3O3. The maximum atomic E-state index is 12.8. The predicted molar refractivity (Wildman–Crippen MR) is 93.3 cm³/mol. The number of amides is 1. The van der Waals surface area contributed by atoms with Gasteiger partial charge < -0.3 is 10.0 Å². The highest BCUT2D eigenvalue weighted by molar-refractivity contribution is 5.93. The molecular weight excluding hydrogens is 318 g/mol. The quantitative estimate of drug-likeness (QED) is 0.751. The van der Waals surface area contributed by atoms with Crippen LogP contribution >= 0.6 is 0 Å². The van der Waals surface area contributed by atoms with Crippen molar-refractivity contribution in [2.75, 3.05) is 4.90 Å². The monoisotopic (exact) mass is 335 g/mol. The third-order valence-electron chi connectivity index (χ3n) is 3.73. The molecule has 126 valence electrons. The summed E-state index contributed by atoms with van der Waals surface area (Å²) in [4.78, 5) is 25.4. The third-order valence-corrected chi connectivity index (χ3v) is 3.73. The number of aromatic carboxylic acids is 1. The number of carbonyl (C=O) groups excluding carboxylic acids is 1. The molecule has 6 nitrogen and oxygen atoms in total. The van der Waals surface area contributed by atoms with Crippen LogP contribution in [-0.4, -0.2) is 26.8 Å². The molecule has 0 radical (unpaired) electrons. The highest BCUT2D eigenvalue weighted by Gasteiger charge is 2.17.